The lowest BCUT2D eigenvalue weighted by Crippen LogP contribution is -1.87. The van der Waals surface area contributed by atoms with Crippen LogP contribution in [0.15, 0.2) is 36.7 Å². The normalized spacial score (nSPS) is 9.33. The summed E-state index contributed by atoms with van der Waals surface area (Å²) in [5.74, 6) is 0.708. The molecule has 0 spiro atoms. The molecule has 0 radical (unpaired) electrons. The largest absolute Gasteiger partial charge is 0.345 e. The minimum atomic E-state index is -0.425. The molecule has 15 heavy (non-hydrogen) atoms. The number of halogens is 1. The average molecular weight is 226 g/mol. The van der Waals surface area contributed by atoms with Gasteiger partial charge < -0.3 is 4.98 Å². The summed E-state index contributed by atoms with van der Waals surface area (Å²) >= 11 is 0. The molecule has 0 aliphatic rings. The summed E-state index contributed by atoms with van der Waals surface area (Å²) in [5.41, 5.74) is 0.918. The predicted molar refractivity (Wildman–Crippen MR) is 57.9 cm³/mol. The Morgan fingerprint density at radius 3 is 2.40 bits per heavy atom. The molecule has 0 aliphatic heterocycles. The molecule has 0 saturated carbocycles. The first-order valence-corrected chi connectivity index (χ1v) is 4.01. The molecule has 1 aromatic heterocycles. The van der Waals surface area contributed by atoms with Gasteiger partial charge in [-0.3, -0.25) is 10.1 Å². The summed E-state index contributed by atoms with van der Waals surface area (Å²) in [4.78, 5) is 16.9. The van der Waals surface area contributed by atoms with Gasteiger partial charge in [0.15, 0.2) is 0 Å². The molecule has 0 unspecified atom stereocenters. The van der Waals surface area contributed by atoms with Gasteiger partial charge in [0.1, 0.15) is 5.82 Å². The number of hydrogen-bond donors (Lipinski definition) is 1. The number of aromatic amines is 1. The summed E-state index contributed by atoms with van der Waals surface area (Å²) in [7, 11) is 0. The Kier molecular flexibility index (Phi) is 3.41. The van der Waals surface area contributed by atoms with Crippen LogP contribution in [0.3, 0.4) is 0 Å². The van der Waals surface area contributed by atoms with E-state index in [-0.39, 0.29) is 18.1 Å². The number of H-pyrrole nitrogens is 1. The molecule has 0 amide bonds. The van der Waals surface area contributed by atoms with Gasteiger partial charge in [0.2, 0.25) is 0 Å². The highest BCUT2D eigenvalue weighted by atomic mass is 35.5. The van der Waals surface area contributed by atoms with Crippen LogP contribution in [0.1, 0.15) is 0 Å². The van der Waals surface area contributed by atoms with Crippen molar-refractivity contribution in [3.05, 3.63) is 46.8 Å². The second-order valence-electron chi connectivity index (χ2n) is 2.74. The van der Waals surface area contributed by atoms with Gasteiger partial charge in [0, 0.05) is 30.1 Å². The van der Waals surface area contributed by atoms with E-state index in [4.69, 9.17) is 0 Å². The van der Waals surface area contributed by atoms with Crippen LogP contribution in [0.5, 0.6) is 0 Å². The fraction of sp³-hybridized carbons (Fsp3) is 0. The fourth-order valence-corrected chi connectivity index (χ4v) is 1.16. The molecule has 1 N–H and O–H groups in total. The van der Waals surface area contributed by atoms with E-state index in [1.54, 1.807) is 24.5 Å². The van der Waals surface area contributed by atoms with Crippen molar-refractivity contribution in [3.63, 3.8) is 0 Å². The van der Waals surface area contributed by atoms with Gasteiger partial charge in [-0.15, -0.1) is 12.4 Å². The molecule has 0 saturated heterocycles. The molecular weight excluding hydrogens is 218 g/mol. The van der Waals surface area contributed by atoms with E-state index in [1.165, 1.54) is 12.1 Å². The lowest BCUT2D eigenvalue weighted by molar-refractivity contribution is -0.384. The maximum Gasteiger partial charge on any atom is 0.269 e. The number of rotatable bonds is 2. The summed E-state index contributed by atoms with van der Waals surface area (Å²) in [6.45, 7) is 0. The molecule has 0 aliphatic carbocycles. The van der Waals surface area contributed by atoms with Crippen LogP contribution in [0.25, 0.3) is 11.4 Å². The van der Waals surface area contributed by atoms with E-state index >= 15 is 0 Å². The fourth-order valence-electron chi connectivity index (χ4n) is 1.16. The van der Waals surface area contributed by atoms with Crippen LogP contribution in [0.2, 0.25) is 0 Å². The molecule has 2 rings (SSSR count). The number of benzene rings is 1. The second-order valence-corrected chi connectivity index (χ2v) is 2.74. The topological polar surface area (TPSA) is 71.8 Å². The van der Waals surface area contributed by atoms with Gasteiger partial charge in [0.25, 0.3) is 5.69 Å². The van der Waals surface area contributed by atoms with Crippen LogP contribution in [0.4, 0.5) is 5.69 Å². The van der Waals surface area contributed by atoms with Gasteiger partial charge >= 0.3 is 0 Å². The smallest absolute Gasteiger partial charge is 0.269 e. The third kappa shape index (κ3) is 2.32. The Labute approximate surface area is 91.7 Å². The summed E-state index contributed by atoms with van der Waals surface area (Å²) in [5, 5.41) is 10.4. The summed E-state index contributed by atoms with van der Waals surface area (Å²) in [6.07, 6.45) is 3.34. The van der Waals surface area contributed by atoms with Crippen molar-refractivity contribution in [1.82, 2.24) is 9.97 Å². The minimum absolute atomic E-state index is 0. The highest BCUT2D eigenvalue weighted by molar-refractivity contribution is 5.85. The third-order valence-electron chi connectivity index (χ3n) is 1.85. The van der Waals surface area contributed by atoms with Crippen molar-refractivity contribution in [1.29, 1.82) is 0 Å². The molecule has 6 heteroatoms. The average Bonchev–Trinajstić information content (AvgIpc) is 2.71. The summed E-state index contributed by atoms with van der Waals surface area (Å²) < 4.78 is 0. The molecule has 0 atom stereocenters. The molecule has 5 nitrogen and oxygen atoms in total. The van der Waals surface area contributed by atoms with Gasteiger partial charge in [0.05, 0.1) is 4.92 Å². The monoisotopic (exact) mass is 225 g/mol. The van der Waals surface area contributed by atoms with Crippen molar-refractivity contribution in [2.45, 2.75) is 0 Å². The third-order valence-corrected chi connectivity index (χ3v) is 1.85. The number of hydrogen-bond acceptors (Lipinski definition) is 3. The number of nitrogens with one attached hydrogen (secondary N) is 1. The number of imidazole rings is 1. The van der Waals surface area contributed by atoms with Crippen molar-refractivity contribution >= 4 is 18.1 Å². The zero-order valence-corrected chi connectivity index (χ0v) is 8.40. The van der Waals surface area contributed by atoms with E-state index in [1.807, 2.05) is 0 Å². The van der Waals surface area contributed by atoms with Crippen molar-refractivity contribution < 1.29 is 4.92 Å². The number of nitrogens with zero attached hydrogens (tertiary/aromatic N) is 2. The Bertz CT molecular complexity index is 439. The molecular formula is C9H8ClN3O2. The first-order valence-electron chi connectivity index (χ1n) is 4.01. The first-order chi connectivity index (χ1) is 6.77. The number of nitro groups is 1. The standard InChI is InChI=1S/C9H7N3O2.ClH/c13-12(14)8-3-1-7(2-4-8)9-10-5-6-11-9;/h1-6H,(H,10,11);1H. The number of aromatic nitrogens is 2. The van der Waals surface area contributed by atoms with Crippen molar-refractivity contribution in [2.75, 3.05) is 0 Å². The minimum Gasteiger partial charge on any atom is -0.345 e. The maximum absolute atomic E-state index is 10.4. The van der Waals surface area contributed by atoms with Crippen LogP contribution in [-0.2, 0) is 0 Å². The van der Waals surface area contributed by atoms with Gasteiger partial charge in [-0.1, -0.05) is 0 Å². The molecule has 1 heterocycles. The highest BCUT2D eigenvalue weighted by Crippen LogP contribution is 2.18. The van der Waals surface area contributed by atoms with Crippen LogP contribution < -0.4 is 0 Å². The Balaban J connectivity index is 0.00000112. The second kappa shape index (κ2) is 4.56. The number of nitro benzene ring substituents is 1. The first kappa shape index (κ1) is 11.2. The molecule has 2 aromatic rings. The molecule has 78 valence electrons. The molecule has 1 aromatic carbocycles. The zero-order valence-electron chi connectivity index (χ0n) is 7.58. The Morgan fingerprint density at radius 2 is 1.93 bits per heavy atom. The van der Waals surface area contributed by atoms with Crippen molar-refractivity contribution in [2.24, 2.45) is 0 Å². The van der Waals surface area contributed by atoms with E-state index in [0.29, 0.717) is 5.82 Å². The Morgan fingerprint density at radius 1 is 1.27 bits per heavy atom. The van der Waals surface area contributed by atoms with Crippen molar-refractivity contribution in [3.8, 4) is 11.4 Å². The predicted octanol–water partition coefficient (Wildman–Crippen LogP) is 2.41. The number of non-ortho nitro benzene ring substituents is 1. The Hall–Kier alpha value is -1.88. The van der Waals surface area contributed by atoms with Gasteiger partial charge in [-0.25, -0.2) is 4.98 Å². The van der Waals surface area contributed by atoms with E-state index < -0.39 is 4.92 Å². The van der Waals surface area contributed by atoms with Crippen LogP contribution in [-0.4, -0.2) is 14.9 Å². The lowest BCUT2D eigenvalue weighted by Gasteiger charge is -1.95. The maximum atomic E-state index is 10.4. The lowest BCUT2D eigenvalue weighted by atomic mass is 10.2. The van der Waals surface area contributed by atoms with Crippen LogP contribution >= 0.6 is 12.4 Å². The van der Waals surface area contributed by atoms with E-state index in [2.05, 4.69) is 9.97 Å². The van der Waals surface area contributed by atoms with Gasteiger partial charge in [-0.2, -0.15) is 0 Å². The van der Waals surface area contributed by atoms with Gasteiger partial charge in [-0.05, 0) is 12.1 Å². The molecule has 0 bridgehead atoms. The zero-order chi connectivity index (χ0) is 9.97. The summed E-state index contributed by atoms with van der Waals surface area (Å²) in [6, 6.07) is 6.24. The van der Waals surface area contributed by atoms with Crippen LogP contribution in [0, 0.1) is 10.1 Å². The quantitative estimate of drug-likeness (QED) is 0.630. The van der Waals surface area contributed by atoms with E-state index in [0.717, 1.165) is 5.56 Å². The SMILES string of the molecule is Cl.O=[N+]([O-])c1ccc(-c2ncc[nH]2)cc1. The highest BCUT2D eigenvalue weighted by Gasteiger charge is 2.05. The molecule has 0 fully saturated rings. The van der Waals surface area contributed by atoms with E-state index in [9.17, 15) is 10.1 Å².